The third-order valence-electron chi connectivity index (χ3n) is 3.47. The second-order valence-electron chi connectivity index (χ2n) is 4.94. The average molecular weight is 271 g/mol. The van der Waals surface area contributed by atoms with Crippen molar-refractivity contribution in [2.24, 2.45) is 0 Å². The van der Waals surface area contributed by atoms with E-state index in [1.54, 1.807) is 0 Å². The highest BCUT2D eigenvalue weighted by Crippen LogP contribution is 2.20. The standard InChI is InChI=1S/C17H21NO2/c1-13(16-9-5-6-14(10-16)11-19)18-17(12-20)15-7-3-2-4-8-15/h2-10,13,17-20H,11-12H2,1H3. The molecule has 0 amide bonds. The normalized spacial score (nSPS) is 13.9. The minimum atomic E-state index is -0.0935. The van der Waals surface area contributed by atoms with Gasteiger partial charge in [0.2, 0.25) is 0 Å². The molecule has 3 N–H and O–H groups in total. The van der Waals surface area contributed by atoms with Gasteiger partial charge in [0, 0.05) is 6.04 Å². The van der Waals surface area contributed by atoms with Gasteiger partial charge in [0.1, 0.15) is 0 Å². The molecule has 0 saturated carbocycles. The van der Waals surface area contributed by atoms with Crippen molar-refractivity contribution in [3.05, 3.63) is 71.3 Å². The van der Waals surface area contributed by atoms with Crippen molar-refractivity contribution >= 4 is 0 Å². The van der Waals surface area contributed by atoms with E-state index in [1.165, 1.54) is 0 Å². The Hall–Kier alpha value is -1.68. The first-order valence-corrected chi connectivity index (χ1v) is 6.86. The Morgan fingerprint density at radius 1 is 0.950 bits per heavy atom. The smallest absolute Gasteiger partial charge is 0.0681 e. The van der Waals surface area contributed by atoms with Gasteiger partial charge in [0.05, 0.1) is 19.3 Å². The zero-order valence-electron chi connectivity index (χ0n) is 11.7. The number of aliphatic hydroxyl groups excluding tert-OH is 2. The molecule has 2 rings (SSSR count). The van der Waals surface area contributed by atoms with Gasteiger partial charge in [-0.05, 0) is 23.6 Å². The number of hydrogen-bond acceptors (Lipinski definition) is 3. The minimum absolute atomic E-state index is 0.0443. The van der Waals surface area contributed by atoms with E-state index in [0.29, 0.717) is 0 Å². The van der Waals surface area contributed by atoms with Gasteiger partial charge in [-0.2, -0.15) is 0 Å². The molecule has 0 bridgehead atoms. The summed E-state index contributed by atoms with van der Waals surface area (Å²) >= 11 is 0. The Labute approximate surface area is 119 Å². The van der Waals surface area contributed by atoms with Gasteiger partial charge in [0.25, 0.3) is 0 Å². The molecule has 0 saturated heterocycles. The third kappa shape index (κ3) is 3.67. The lowest BCUT2D eigenvalue weighted by molar-refractivity contribution is 0.235. The summed E-state index contributed by atoms with van der Waals surface area (Å²) in [6, 6.07) is 17.8. The van der Waals surface area contributed by atoms with Crippen LogP contribution in [0.2, 0.25) is 0 Å². The molecule has 0 aliphatic heterocycles. The first kappa shape index (κ1) is 14.7. The van der Waals surface area contributed by atoms with Crippen LogP contribution < -0.4 is 5.32 Å². The van der Waals surface area contributed by atoms with Crippen LogP contribution in [-0.2, 0) is 6.61 Å². The molecule has 20 heavy (non-hydrogen) atoms. The van der Waals surface area contributed by atoms with Gasteiger partial charge >= 0.3 is 0 Å². The maximum Gasteiger partial charge on any atom is 0.0681 e. The van der Waals surface area contributed by atoms with Gasteiger partial charge in [-0.3, -0.25) is 0 Å². The summed E-state index contributed by atoms with van der Waals surface area (Å²) in [4.78, 5) is 0. The fourth-order valence-electron chi connectivity index (χ4n) is 2.30. The molecule has 0 fully saturated rings. The third-order valence-corrected chi connectivity index (χ3v) is 3.47. The molecular weight excluding hydrogens is 250 g/mol. The van der Waals surface area contributed by atoms with Crippen LogP contribution in [0.5, 0.6) is 0 Å². The highest BCUT2D eigenvalue weighted by molar-refractivity contribution is 5.26. The largest absolute Gasteiger partial charge is 0.394 e. The van der Waals surface area contributed by atoms with E-state index >= 15 is 0 Å². The number of rotatable bonds is 6. The Morgan fingerprint density at radius 3 is 2.30 bits per heavy atom. The predicted octanol–water partition coefficient (Wildman–Crippen LogP) is 2.56. The summed E-state index contributed by atoms with van der Waals surface area (Å²) < 4.78 is 0. The van der Waals surface area contributed by atoms with Gasteiger partial charge in [0.15, 0.2) is 0 Å². The molecule has 2 atom stereocenters. The van der Waals surface area contributed by atoms with Crippen molar-refractivity contribution < 1.29 is 10.2 Å². The summed E-state index contributed by atoms with van der Waals surface area (Å²) in [6.07, 6.45) is 0. The van der Waals surface area contributed by atoms with E-state index in [1.807, 2.05) is 54.6 Å². The van der Waals surface area contributed by atoms with Crippen molar-refractivity contribution in [1.29, 1.82) is 0 Å². The van der Waals surface area contributed by atoms with Crippen LogP contribution in [-0.4, -0.2) is 16.8 Å². The maximum absolute atomic E-state index is 9.57. The molecule has 0 aliphatic rings. The van der Waals surface area contributed by atoms with Crippen LogP contribution in [0.1, 0.15) is 35.7 Å². The predicted molar refractivity (Wildman–Crippen MR) is 80.2 cm³/mol. The number of aliphatic hydroxyl groups is 2. The van der Waals surface area contributed by atoms with E-state index in [0.717, 1.165) is 16.7 Å². The molecule has 3 heteroatoms. The summed E-state index contributed by atoms with van der Waals surface area (Å²) in [5.74, 6) is 0. The fourth-order valence-corrected chi connectivity index (χ4v) is 2.30. The second-order valence-corrected chi connectivity index (χ2v) is 4.94. The number of hydrogen-bond donors (Lipinski definition) is 3. The monoisotopic (exact) mass is 271 g/mol. The maximum atomic E-state index is 9.57. The molecule has 0 spiro atoms. The Bertz CT molecular complexity index is 528. The number of benzene rings is 2. The van der Waals surface area contributed by atoms with Crippen molar-refractivity contribution in [3.63, 3.8) is 0 Å². The second kappa shape index (κ2) is 7.20. The zero-order chi connectivity index (χ0) is 14.4. The van der Waals surface area contributed by atoms with Gasteiger partial charge in [-0.1, -0.05) is 54.6 Å². The molecule has 0 radical (unpaired) electrons. The van der Waals surface area contributed by atoms with Crippen LogP contribution in [0.25, 0.3) is 0 Å². The van der Waals surface area contributed by atoms with Crippen molar-refractivity contribution in [2.75, 3.05) is 6.61 Å². The van der Waals surface area contributed by atoms with Gasteiger partial charge in [-0.25, -0.2) is 0 Å². The molecule has 0 aliphatic carbocycles. The van der Waals surface area contributed by atoms with E-state index in [2.05, 4.69) is 12.2 Å². The topological polar surface area (TPSA) is 52.5 Å². The van der Waals surface area contributed by atoms with Crippen LogP contribution in [0.3, 0.4) is 0 Å². The highest BCUT2D eigenvalue weighted by Gasteiger charge is 2.14. The van der Waals surface area contributed by atoms with Gasteiger partial charge < -0.3 is 15.5 Å². The summed E-state index contributed by atoms with van der Waals surface area (Å²) in [7, 11) is 0. The van der Waals surface area contributed by atoms with E-state index in [-0.39, 0.29) is 25.3 Å². The first-order chi connectivity index (χ1) is 9.74. The first-order valence-electron chi connectivity index (χ1n) is 6.86. The molecule has 0 aromatic heterocycles. The Kier molecular flexibility index (Phi) is 5.30. The lowest BCUT2D eigenvalue weighted by Crippen LogP contribution is -2.27. The SMILES string of the molecule is CC(NC(CO)c1ccccc1)c1cccc(CO)c1. The minimum Gasteiger partial charge on any atom is -0.394 e. The quantitative estimate of drug-likeness (QED) is 0.757. The molecule has 2 unspecified atom stereocenters. The lowest BCUT2D eigenvalue weighted by atomic mass is 10.0. The zero-order valence-corrected chi connectivity index (χ0v) is 11.7. The van der Waals surface area contributed by atoms with Crippen LogP contribution in [0.4, 0.5) is 0 Å². The lowest BCUT2D eigenvalue weighted by Gasteiger charge is -2.22. The van der Waals surface area contributed by atoms with Crippen molar-refractivity contribution in [2.45, 2.75) is 25.6 Å². The summed E-state index contributed by atoms with van der Waals surface area (Å²) in [5.41, 5.74) is 3.07. The molecule has 3 nitrogen and oxygen atoms in total. The van der Waals surface area contributed by atoms with E-state index in [4.69, 9.17) is 0 Å². The molecule has 106 valence electrons. The van der Waals surface area contributed by atoms with Crippen LogP contribution >= 0.6 is 0 Å². The molecule has 2 aromatic carbocycles. The van der Waals surface area contributed by atoms with Gasteiger partial charge in [-0.15, -0.1) is 0 Å². The Balaban J connectivity index is 2.11. The summed E-state index contributed by atoms with van der Waals surface area (Å²) in [6.45, 7) is 2.15. The Morgan fingerprint density at radius 2 is 1.65 bits per heavy atom. The van der Waals surface area contributed by atoms with Crippen molar-refractivity contribution in [3.8, 4) is 0 Å². The molecule has 2 aromatic rings. The average Bonchev–Trinajstić information content (AvgIpc) is 2.53. The molecular formula is C17H21NO2. The van der Waals surface area contributed by atoms with Crippen molar-refractivity contribution in [1.82, 2.24) is 5.32 Å². The van der Waals surface area contributed by atoms with Crippen LogP contribution in [0.15, 0.2) is 54.6 Å². The van der Waals surface area contributed by atoms with Crippen LogP contribution in [0, 0.1) is 0 Å². The molecule has 0 heterocycles. The van der Waals surface area contributed by atoms with E-state index in [9.17, 15) is 10.2 Å². The fraction of sp³-hybridized carbons (Fsp3) is 0.294. The number of nitrogens with one attached hydrogen (secondary N) is 1. The van der Waals surface area contributed by atoms with E-state index < -0.39 is 0 Å². The highest BCUT2D eigenvalue weighted by atomic mass is 16.3. The summed E-state index contributed by atoms with van der Waals surface area (Å²) in [5, 5.41) is 22.2.